The average molecular weight is 257 g/mol. The molecule has 0 aliphatic rings. The minimum Gasteiger partial charge on any atom is -0.497 e. The molecule has 1 rings (SSSR count). The number of ether oxygens (including phenoxy) is 1. The van der Waals surface area contributed by atoms with E-state index in [9.17, 15) is 4.21 Å². The second-order valence-corrected chi connectivity index (χ2v) is 5.18. The summed E-state index contributed by atoms with van der Waals surface area (Å²) in [6, 6.07) is 7.31. The van der Waals surface area contributed by atoms with Crippen LogP contribution < -0.4 is 10.1 Å². The van der Waals surface area contributed by atoms with Crippen molar-refractivity contribution in [3.05, 3.63) is 24.3 Å². The number of hydrogen-bond donors (Lipinski definition) is 2. The molecular weight excluding hydrogens is 238 g/mol. The van der Waals surface area contributed by atoms with Crippen LogP contribution in [0.3, 0.4) is 0 Å². The zero-order valence-corrected chi connectivity index (χ0v) is 11.0. The van der Waals surface area contributed by atoms with E-state index in [0.717, 1.165) is 4.90 Å². The maximum absolute atomic E-state index is 12.1. The summed E-state index contributed by atoms with van der Waals surface area (Å²) in [5.74, 6) is 1.20. The van der Waals surface area contributed by atoms with Gasteiger partial charge in [-0.05, 0) is 31.7 Å². The van der Waals surface area contributed by atoms with Crippen LogP contribution in [0.4, 0.5) is 0 Å². The van der Waals surface area contributed by atoms with Crippen LogP contribution >= 0.6 is 0 Å². The number of rotatable bonds is 7. The summed E-state index contributed by atoms with van der Waals surface area (Å²) in [5, 5.41) is 11.9. The largest absolute Gasteiger partial charge is 0.497 e. The van der Waals surface area contributed by atoms with Crippen LogP contribution in [-0.4, -0.2) is 41.9 Å². The summed E-state index contributed by atoms with van der Waals surface area (Å²) in [5.41, 5.74) is 0. The highest BCUT2D eigenvalue weighted by Crippen LogP contribution is 2.16. The highest BCUT2D eigenvalue weighted by molar-refractivity contribution is 7.85. The number of aliphatic hydroxyl groups excluding tert-OH is 1. The van der Waals surface area contributed by atoms with Gasteiger partial charge in [-0.2, -0.15) is 0 Å². The van der Waals surface area contributed by atoms with E-state index in [-0.39, 0.29) is 12.6 Å². The zero-order valence-electron chi connectivity index (χ0n) is 10.2. The summed E-state index contributed by atoms with van der Waals surface area (Å²) in [6.07, 6.45) is 0.603. The van der Waals surface area contributed by atoms with Crippen molar-refractivity contribution in [3.8, 4) is 5.75 Å². The highest BCUT2D eigenvalue weighted by atomic mass is 32.2. The van der Waals surface area contributed by atoms with Crippen molar-refractivity contribution in [1.82, 2.24) is 5.32 Å². The van der Waals surface area contributed by atoms with E-state index in [2.05, 4.69) is 5.32 Å². The van der Waals surface area contributed by atoms with Crippen molar-refractivity contribution < 1.29 is 14.1 Å². The fourth-order valence-electron chi connectivity index (χ4n) is 1.49. The Morgan fingerprint density at radius 2 is 2.29 bits per heavy atom. The Hall–Kier alpha value is -0.910. The molecule has 17 heavy (non-hydrogen) atoms. The van der Waals surface area contributed by atoms with Crippen molar-refractivity contribution in [2.45, 2.75) is 17.4 Å². The molecule has 0 saturated heterocycles. The molecule has 2 unspecified atom stereocenters. The molecule has 4 nitrogen and oxygen atoms in total. The highest BCUT2D eigenvalue weighted by Gasteiger charge is 2.12. The Bertz CT molecular complexity index is 371. The molecule has 0 spiro atoms. The first-order chi connectivity index (χ1) is 8.21. The number of nitrogens with one attached hydrogen (secondary N) is 1. The first-order valence-electron chi connectivity index (χ1n) is 5.51. The van der Waals surface area contributed by atoms with E-state index in [1.54, 1.807) is 13.2 Å². The second-order valence-electron chi connectivity index (χ2n) is 3.69. The van der Waals surface area contributed by atoms with Gasteiger partial charge in [-0.15, -0.1) is 0 Å². The summed E-state index contributed by atoms with van der Waals surface area (Å²) in [4.78, 5) is 0.752. The molecule has 96 valence electrons. The van der Waals surface area contributed by atoms with Crippen molar-refractivity contribution >= 4 is 10.8 Å². The fourth-order valence-corrected chi connectivity index (χ4v) is 2.86. The van der Waals surface area contributed by atoms with Gasteiger partial charge in [-0.3, -0.25) is 4.21 Å². The SMILES string of the molecule is CNC(CCO)CS(=O)c1cccc(OC)c1. The van der Waals surface area contributed by atoms with Crippen molar-refractivity contribution in [2.24, 2.45) is 0 Å². The minimum atomic E-state index is -1.08. The van der Waals surface area contributed by atoms with E-state index in [4.69, 9.17) is 9.84 Å². The van der Waals surface area contributed by atoms with Crippen LogP contribution in [-0.2, 0) is 10.8 Å². The van der Waals surface area contributed by atoms with E-state index in [0.29, 0.717) is 17.9 Å². The van der Waals surface area contributed by atoms with Crippen molar-refractivity contribution in [2.75, 3.05) is 26.5 Å². The third kappa shape index (κ3) is 4.46. The van der Waals surface area contributed by atoms with Gasteiger partial charge in [0.2, 0.25) is 0 Å². The summed E-state index contributed by atoms with van der Waals surface area (Å²) < 4.78 is 17.2. The second kappa shape index (κ2) is 7.42. The van der Waals surface area contributed by atoms with Gasteiger partial charge in [0.1, 0.15) is 5.75 Å². The molecule has 0 amide bonds. The lowest BCUT2D eigenvalue weighted by atomic mass is 10.2. The van der Waals surface area contributed by atoms with Gasteiger partial charge < -0.3 is 15.2 Å². The number of benzene rings is 1. The van der Waals surface area contributed by atoms with Gasteiger partial charge in [0.15, 0.2) is 0 Å². The Morgan fingerprint density at radius 1 is 1.53 bits per heavy atom. The predicted octanol–water partition coefficient (Wildman–Crippen LogP) is 0.773. The van der Waals surface area contributed by atoms with Gasteiger partial charge >= 0.3 is 0 Å². The quantitative estimate of drug-likeness (QED) is 0.757. The first kappa shape index (κ1) is 14.2. The molecule has 1 aromatic carbocycles. The third-order valence-electron chi connectivity index (χ3n) is 2.54. The summed E-state index contributed by atoms with van der Waals surface area (Å²) >= 11 is 0. The van der Waals surface area contributed by atoms with Gasteiger partial charge in [0.05, 0.1) is 17.9 Å². The summed E-state index contributed by atoms with van der Waals surface area (Å²) in [7, 11) is 2.32. The molecule has 0 aliphatic heterocycles. The summed E-state index contributed by atoms with van der Waals surface area (Å²) in [6.45, 7) is 0.0980. The molecule has 0 fully saturated rings. The molecule has 0 bridgehead atoms. The zero-order chi connectivity index (χ0) is 12.7. The van der Waals surface area contributed by atoms with Crippen LogP contribution in [0.25, 0.3) is 0 Å². The lowest BCUT2D eigenvalue weighted by Gasteiger charge is -2.14. The van der Waals surface area contributed by atoms with Gasteiger partial charge in [0, 0.05) is 23.3 Å². The molecule has 0 radical (unpaired) electrons. The Kier molecular flexibility index (Phi) is 6.18. The standard InChI is InChI=1S/C12H19NO3S/c1-13-10(6-7-14)9-17(15)12-5-3-4-11(8-12)16-2/h3-5,8,10,13-14H,6-7,9H2,1-2H3. The van der Waals surface area contributed by atoms with E-state index < -0.39 is 10.8 Å². The Labute approximate surface area is 104 Å². The van der Waals surface area contributed by atoms with Crippen LogP contribution in [0, 0.1) is 0 Å². The van der Waals surface area contributed by atoms with Gasteiger partial charge in [0.25, 0.3) is 0 Å². The lowest BCUT2D eigenvalue weighted by Crippen LogP contribution is -2.32. The molecular formula is C12H19NO3S. The van der Waals surface area contributed by atoms with Crippen LogP contribution in [0.2, 0.25) is 0 Å². The van der Waals surface area contributed by atoms with Crippen LogP contribution in [0.1, 0.15) is 6.42 Å². The van der Waals surface area contributed by atoms with Gasteiger partial charge in [-0.25, -0.2) is 0 Å². The number of hydrogen-bond acceptors (Lipinski definition) is 4. The molecule has 0 saturated carbocycles. The molecule has 2 N–H and O–H groups in total. The Balaban J connectivity index is 2.68. The van der Waals surface area contributed by atoms with Crippen molar-refractivity contribution in [1.29, 1.82) is 0 Å². The fraction of sp³-hybridized carbons (Fsp3) is 0.500. The van der Waals surface area contributed by atoms with Crippen LogP contribution in [0.15, 0.2) is 29.2 Å². The molecule has 0 aromatic heterocycles. The van der Waals surface area contributed by atoms with E-state index >= 15 is 0 Å². The molecule has 5 heteroatoms. The maximum Gasteiger partial charge on any atom is 0.120 e. The normalized spacial score (nSPS) is 14.3. The van der Waals surface area contributed by atoms with E-state index in [1.807, 2.05) is 25.2 Å². The van der Waals surface area contributed by atoms with Crippen molar-refractivity contribution in [3.63, 3.8) is 0 Å². The number of aliphatic hydroxyl groups is 1. The molecule has 1 aromatic rings. The van der Waals surface area contributed by atoms with Crippen LogP contribution in [0.5, 0.6) is 5.75 Å². The topological polar surface area (TPSA) is 58.6 Å². The molecule has 2 atom stereocenters. The molecule has 0 heterocycles. The third-order valence-corrected chi connectivity index (χ3v) is 4.03. The molecule has 0 aliphatic carbocycles. The smallest absolute Gasteiger partial charge is 0.120 e. The van der Waals surface area contributed by atoms with E-state index in [1.165, 1.54) is 0 Å². The predicted molar refractivity (Wildman–Crippen MR) is 68.8 cm³/mol. The van der Waals surface area contributed by atoms with Gasteiger partial charge in [-0.1, -0.05) is 6.07 Å². The first-order valence-corrected chi connectivity index (χ1v) is 6.83. The lowest BCUT2D eigenvalue weighted by molar-refractivity contribution is 0.272. The minimum absolute atomic E-state index is 0.0621. The maximum atomic E-state index is 12.1. The average Bonchev–Trinajstić information content (AvgIpc) is 2.38. The number of methoxy groups -OCH3 is 1. The Morgan fingerprint density at radius 3 is 2.88 bits per heavy atom. The monoisotopic (exact) mass is 257 g/mol.